The number of hydrogen-bond donors (Lipinski definition) is 2. The average Bonchev–Trinajstić information content (AvgIpc) is 3.26. The molecule has 22 heavy (non-hydrogen) atoms. The Balaban J connectivity index is 1.68. The summed E-state index contributed by atoms with van der Waals surface area (Å²) in [6.07, 6.45) is -0.654. The van der Waals surface area contributed by atoms with Gasteiger partial charge in [-0.1, -0.05) is 6.07 Å². The fourth-order valence-electron chi connectivity index (χ4n) is 1.88. The fraction of sp³-hybridized carbons (Fsp3) is 0.143. The molecule has 0 bridgehead atoms. The summed E-state index contributed by atoms with van der Waals surface area (Å²) < 4.78 is 27.0. The second-order valence-electron chi connectivity index (χ2n) is 4.52. The highest BCUT2D eigenvalue weighted by Crippen LogP contribution is 2.29. The van der Waals surface area contributed by atoms with Crippen molar-refractivity contribution in [3.63, 3.8) is 0 Å². The van der Waals surface area contributed by atoms with Crippen LogP contribution in [0.1, 0.15) is 21.4 Å². The molecule has 0 saturated heterocycles. The SMILES string of the molecule is O=S(=O)(NCc1ccc(C(O)c2ccsc2)s1)c1cccs1. The van der Waals surface area contributed by atoms with Crippen molar-refractivity contribution in [2.45, 2.75) is 16.9 Å². The van der Waals surface area contributed by atoms with Crippen LogP contribution in [0.15, 0.2) is 50.7 Å². The predicted octanol–water partition coefficient (Wildman–Crippen LogP) is 3.43. The van der Waals surface area contributed by atoms with Gasteiger partial charge in [-0.3, -0.25) is 0 Å². The van der Waals surface area contributed by atoms with Crippen molar-refractivity contribution < 1.29 is 13.5 Å². The monoisotopic (exact) mass is 371 g/mol. The van der Waals surface area contributed by atoms with E-state index >= 15 is 0 Å². The number of rotatable bonds is 6. The van der Waals surface area contributed by atoms with Crippen LogP contribution in [0.25, 0.3) is 0 Å². The summed E-state index contributed by atoms with van der Waals surface area (Å²) in [4.78, 5) is 1.67. The third-order valence-electron chi connectivity index (χ3n) is 3.01. The lowest BCUT2D eigenvalue weighted by molar-refractivity contribution is 0.224. The molecule has 0 aliphatic carbocycles. The highest BCUT2D eigenvalue weighted by atomic mass is 32.2. The van der Waals surface area contributed by atoms with Gasteiger partial charge < -0.3 is 5.11 Å². The maximum absolute atomic E-state index is 12.0. The van der Waals surface area contributed by atoms with Crippen LogP contribution < -0.4 is 4.72 Å². The van der Waals surface area contributed by atoms with Gasteiger partial charge in [-0.05, 0) is 46.0 Å². The maximum atomic E-state index is 12.0. The van der Waals surface area contributed by atoms with Crippen LogP contribution >= 0.6 is 34.0 Å². The van der Waals surface area contributed by atoms with Crippen LogP contribution in [-0.2, 0) is 16.6 Å². The van der Waals surface area contributed by atoms with Crippen molar-refractivity contribution in [2.24, 2.45) is 0 Å². The minimum atomic E-state index is -3.45. The molecule has 8 heteroatoms. The number of aliphatic hydroxyl groups excluding tert-OH is 1. The molecule has 0 radical (unpaired) electrons. The van der Waals surface area contributed by atoms with Gasteiger partial charge in [-0.15, -0.1) is 22.7 Å². The highest BCUT2D eigenvalue weighted by Gasteiger charge is 2.17. The summed E-state index contributed by atoms with van der Waals surface area (Å²) in [6, 6.07) is 8.84. The molecule has 1 unspecified atom stereocenters. The van der Waals surface area contributed by atoms with Gasteiger partial charge in [0, 0.05) is 16.3 Å². The highest BCUT2D eigenvalue weighted by molar-refractivity contribution is 7.91. The molecule has 0 aliphatic heterocycles. The third kappa shape index (κ3) is 3.48. The Hall–Kier alpha value is -1.03. The number of aliphatic hydroxyl groups is 1. The van der Waals surface area contributed by atoms with Gasteiger partial charge in [-0.2, -0.15) is 11.3 Å². The molecule has 0 fully saturated rings. The van der Waals surface area contributed by atoms with Crippen molar-refractivity contribution in [2.75, 3.05) is 0 Å². The number of hydrogen-bond acceptors (Lipinski definition) is 6. The summed E-state index contributed by atoms with van der Waals surface area (Å²) in [6.45, 7) is 0.223. The van der Waals surface area contributed by atoms with Crippen molar-refractivity contribution in [3.8, 4) is 0 Å². The maximum Gasteiger partial charge on any atom is 0.250 e. The second-order valence-corrected chi connectivity index (χ2v) is 9.44. The molecule has 1 atom stereocenters. The minimum Gasteiger partial charge on any atom is -0.383 e. The number of thiophene rings is 3. The van der Waals surface area contributed by atoms with Crippen LogP contribution in [0, 0.1) is 0 Å². The summed E-state index contributed by atoms with van der Waals surface area (Å²) in [5.74, 6) is 0. The van der Waals surface area contributed by atoms with E-state index in [1.54, 1.807) is 17.5 Å². The van der Waals surface area contributed by atoms with E-state index < -0.39 is 16.1 Å². The standard InChI is InChI=1S/C14H13NO3S4/c16-14(10-5-7-19-9-10)12-4-3-11(21-12)8-15-22(17,18)13-2-1-6-20-13/h1-7,9,14-16H,8H2. The fourth-order valence-corrected chi connectivity index (χ4v) is 5.67. The van der Waals surface area contributed by atoms with Crippen molar-refractivity contribution in [3.05, 3.63) is 61.8 Å². The van der Waals surface area contributed by atoms with Crippen LogP contribution in [0.4, 0.5) is 0 Å². The molecule has 3 rings (SSSR count). The van der Waals surface area contributed by atoms with E-state index in [2.05, 4.69) is 4.72 Å². The van der Waals surface area contributed by atoms with Crippen LogP contribution in [-0.4, -0.2) is 13.5 Å². The van der Waals surface area contributed by atoms with E-state index in [9.17, 15) is 13.5 Å². The molecule has 2 N–H and O–H groups in total. The van der Waals surface area contributed by atoms with E-state index in [0.717, 1.165) is 15.3 Å². The van der Waals surface area contributed by atoms with Crippen LogP contribution in [0.5, 0.6) is 0 Å². The molecule has 116 valence electrons. The molecule has 0 aromatic carbocycles. The first-order valence-electron chi connectivity index (χ1n) is 6.38. The number of sulfonamides is 1. The molecule has 3 aromatic heterocycles. The summed E-state index contributed by atoms with van der Waals surface area (Å²) in [5, 5.41) is 15.8. The smallest absolute Gasteiger partial charge is 0.250 e. The van der Waals surface area contributed by atoms with Crippen molar-refractivity contribution in [1.29, 1.82) is 0 Å². The molecule has 0 amide bonds. The first-order valence-corrected chi connectivity index (χ1v) is 10.5. The quantitative estimate of drug-likeness (QED) is 0.698. The lowest BCUT2D eigenvalue weighted by Gasteiger charge is -2.05. The van der Waals surface area contributed by atoms with E-state index in [1.807, 2.05) is 29.0 Å². The normalized spacial score (nSPS) is 13.3. The Morgan fingerprint density at radius 1 is 1.18 bits per heavy atom. The zero-order valence-corrected chi connectivity index (χ0v) is 14.6. The molecule has 3 heterocycles. The first kappa shape index (κ1) is 15.9. The van der Waals surface area contributed by atoms with Gasteiger partial charge >= 0.3 is 0 Å². The molecular formula is C14H13NO3S4. The van der Waals surface area contributed by atoms with Gasteiger partial charge in [0.15, 0.2) is 0 Å². The Kier molecular flexibility index (Phi) is 4.76. The van der Waals surface area contributed by atoms with E-state index in [4.69, 9.17) is 0 Å². The van der Waals surface area contributed by atoms with Gasteiger partial charge in [0.25, 0.3) is 0 Å². The third-order valence-corrected chi connectivity index (χ3v) is 7.65. The number of nitrogens with one attached hydrogen (secondary N) is 1. The molecule has 4 nitrogen and oxygen atoms in total. The van der Waals surface area contributed by atoms with Gasteiger partial charge in [0.1, 0.15) is 10.3 Å². The zero-order valence-electron chi connectivity index (χ0n) is 11.3. The van der Waals surface area contributed by atoms with Crippen LogP contribution in [0.2, 0.25) is 0 Å². The topological polar surface area (TPSA) is 66.4 Å². The summed E-state index contributed by atoms with van der Waals surface area (Å²) in [5.41, 5.74) is 0.859. The minimum absolute atomic E-state index is 0.223. The Morgan fingerprint density at radius 3 is 2.73 bits per heavy atom. The van der Waals surface area contributed by atoms with E-state index in [1.165, 1.54) is 34.0 Å². The Morgan fingerprint density at radius 2 is 2.05 bits per heavy atom. The Labute approximate surface area is 140 Å². The summed E-state index contributed by atoms with van der Waals surface area (Å²) >= 11 is 4.13. The Bertz CT molecular complexity index is 819. The molecule has 3 aromatic rings. The molecular weight excluding hydrogens is 358 g/mol. The van der Waals surface area contributed by atoms with Gasteiger partial charge in [0.05, 0.1) is 0 Å². The average molecular weight is 372 g/mol. The molecule has 0 aliphatic rings. The zero-order chi connectivity index (χ0) is 15.6. The van der Waals surface area contributed by atoms with E-state index in [-0.39, 0.29) is 6.54 Å². The summed E-state index contributed by atoms with van der Waals surface area (Å²) in [7, 11) is -3.45. The first-order chi connectivity index (χ1) is 10.6. The lowest BCUT2D eigenvalue weighted by Crippen LogP contribution is -2.21. The lowest BCUT2D eigenvalue weighted by atomic mass is 10.2. The predicted molar refractivity (Wildman–Crippen MR) is 91.0 cm³/mol. The van der Waals surface area contributed by atoms with Gasteiger partial charge in [0.2, 0.25) is 10.0 Å². The molecule has 0 saturated carbocycles. The second kappa shape index (κ2) is 6.61. The van der Waals surface area contributed by atoms with Crippen molar-refractivity contribution >= 4 is 44.0 Å². The van der Waals surface area contributed by atoms with Crippen LogP contribution in [0.3, 0.4) is 0 Å². The van der Waals surface area contributed by atoms with Crippen molar-refractivity contribution in [1.82, 2.24) is 4.72 Å². The largest absolute Gasteiger partial charge is 0.383 e. The van der Waals surface area contributed by atoms with Gasteiger partial charge in [-0.25, -0.2) is 13.1 Å². The van der Waals surface area contributed by atoms with E-state index in [0.29, 0.717) is 4.21 Å². The molecule has 0 spiro atoms.